The maximum Gasteiger partial charge on any atom is 0.314 e. The molecule has 1 fully saturated rings. The van der Waals surface area contributed by atoms with Gasteiger partial charge >= 0.3 is 5.97 Å². The van der Waals surface area contributed by atoms with Gasteiger partial charge in [-0.3, -0.25) is 4.79 Å². The average Bonchev–Trinajstić information content (AvgIpc) is 3.67. The summed E-state index contributed by atoms with van der Waals surface area (Å²) in [5.41, 5.74) is 2.33. The highest BCUT2D eigenvalue weighted by atomic mass is 32.1. The van der Waals surface area contributed by atoms with Crippen LogP contribution in [-0.2, 0) is 14.9 Å². The van der Waals surface area contributed by atoms with Crippen molar-refractivity contribution in [3.05, 3.63) is 94.6 Å². The van der Waals surface area contributed by atoms with Crippen molar-refractivity contribution in [2.75, 3.05) is 12.4 Å². The summed E-state index contributed by atoms with van der Waals surface area (Å²) in [5, 5.41) is 22.2. The van der Waals surface area contributed by atoms with Gasteiger partial charge in [0.15, 0.2) is 5.13 Å². The monoisotopic (exact) mass is 569 g/mol. The van der Waals surface area contributed by atoms with E-state index in [4.69, 9.17) is 9.47 Å². The van der Waals surface area contributed by atoms with Crippen molar-refractivity contribution < 1.29 is 37.7 Å². The van der Waals surface area contributed by atoms with E-state index in [0.29, 0.717) is 29.0 Å². The molecule has 208 valence electrons. The third-order valence-electron chi connectivity index (χ3n) is 7.08. The molecule has 0 spiro atoms. The Labute approximate surface area is 232 Å². The van der Waals surface area contributed by atoms with Gasteiger partial charge in [0.2, 0.25) is 6.41 Å². The van der Waals surface area contributed by atoms with E-state index in [2.05, 4.69) is 5.32 Å². The highest BCUT2D eigenvalue weighted by Gasteiger charge is 2.51. The predicted molar refractivity (Wildman–Crippen MR) is 146 cm³/mol. The molecule has 10 heteroatoms. The smallest absolute Gasteiger partial charge is 0.314 e. The zero-order chi connectivity index (χ0) is 28.6. The van der Waals surface area contributed by atoms with Crippen molar-refractivity contribution in [2.24, 2.45) is 0 Å². The number of anilines is 1. The van der Waals surface area contributed by atoms with Crippen LogP contribution in [0.3, 0.4) is 0 Å². The van der Waals surface area contributed by atoms with Crippen LogP contribution in [0.5, 0.6) is 5.75 Å². The van der Waals surface area contributed by atoms with Crippen LogP contribution in [0.1, 0.15) is 37.0 Å². The molecule has 0 saturated heterocycles. The van der Waals surface area contributed by atoms with Gasteiger partial charge in [-0.05, 0) is 60.7 Å². The van der Waals surface area contributed by atoms with E-state index in [1.807, 2.05) is 30.3 Å². The number of ether oxygens (including phenoxy) is 2. The van der Waals surface area contributed by atoms with E-state index < -0.39 is 40.7 Å². The number of hydrogen-bond donors (Lipinski definition) is 3. The summed E-state index contributed by atoms with van der Waals surface area (Å²) in [6.07, 6.45) is -1.41. The summed E-state index contributed by atoms with van der Waals surface area (Å²) in [4.78, 5) is 12.1. The Bertz CT molecular complexity index is 1550. The first-order valence-electron chi connectivity index (χ1n) is 12.5. The summed E-state index contributed by atoms with van der Waals surface area (Å²) in [6, 6.07) is 16.8. The number of aliphatic carboxylic acids is 1. The Hall–Kier alpha value is -3.86. The van der Waals surface area contributed by atoms with Gasteiger partial charge in [-0.1, -0.05) is 36.4 Å². The van der Waals surface area contributed by atoms with Crippen molar-refractivity contribution in [3.63, 3.8) is 0 Å². The number of aliphatic hydroxyl groups excluding tert-OH is 1. The van der Waals surface area contributed by atoms with E-state index in [1.54, 1.807) is 12.1 Å². The number of benzene rings is 3. The molecule has 4 aromatic rings. The minimum Gasteiger partial charge on any atom is -0.496 e. The fraction of sp³-hybridized carbons (Fsp3) is 0.233. The van der Waals surface area contributed by atoms with Crippen LogP contribution in [0.2, 0.25) is 0 Å². The highest BCUT2D eigenvalue weighted by molar-refractivity contribution is 7.14. The van der Waals surface area contributed by atoms with E-state index in [9.17, 15) is 28.2 Å². The molecule has 0 radical (unpaired) electrons. The van der Waals surface area contributed by atoms with Crippen LogP contribution >= 0.6 is 11.3 Å². The van der Waals surface area contributed by atoms with Crippen molar-refractivity contribution in [3.8, 4) is 27.3 Å². The van der Waals surface area contributed by atoms with Crippen molar-refractivity contribution in [2.45, 2.75) is 37.7 Å². The number of aliphatic hydroxyl groups is 1. The van der Waals surface area contributed by atoms with Crippen LogP contribution in [0.25, 0.3) is 21.6 Å². The first-order chi connectivity index (χ1) is 19.1. The summed E-state index contributed by atoms with van der Waals surface area (Å²) >= 11 is 0.848. The maximum absolute atomic E-state index is 14.4. The molecule has 1 heterocycles. The van der Waals surface area contributed by atoms with E-state index in [0.717, 1.165) is 46.2 Å². The number of carboxylic acid groups (broad SMARTS) is 1. The third kappa shape index (κ3) is 5.42. The van der Waals surface area contributed by atoms with Gasteiger partial charge in [0.25, 0.3) is 0 Å². The predicted octanol–water partition coefficient (Wildman–Crippen LogP) is 7.09. The number of halogens is 3. The number of carboxylic acids is 1. The fourth-order valence-corrected chi connectivity index (χ4v) is 5.58. The molecule has 0 amide bonds. The summed E-state index contributed by atoms with van der Waals surface area (Å²) in [7, 11) is 1.51. The molecular weight excluding hydrogens is 543 g/mol. The van der Waals surface area contributed by atoms with Crippen LogP contribution < -0.4 is 10.1 Å². The molecule has 6 nitrogen and oxygen atoms in total. The molecule has 1 aliphatic rings. The zero-order valence-corrected chi connectivity index (χ0v) is 22.4. The topological polar surface area (TPSA) is 88.0 Å². The zero-order valence-electron chi connectivity index (χ0n) is 21.6. The lowest BCUT2D eigenvalue weighted by Crippen LogP contribution is -2.24. The second-order valence-corrected chi connectivity index (χ2v) is 10.6. The number of hydrogen-bond acceptors (Lipinski definition) is 6. The van der Waals surface area contributed by atoms with E-state index >= 15 is 0 Å². The second kappa shape index (κ2) is 11.0. The molecule has 3 N–H and O–H groups in total. The minimum absolute atomic E-state index is 0.0683. The van der Waals surface area contributed by atoms with E-state index in [-0.39, 0.29) is 11.3 Å². The third-order valence-corrected chi connectivity index (χ3v) is 8.05. The van der Waals surface area contributed by atoms with Gasteiger partial charge in [-0.25, -0.2) is 8.78 Å². The summed E-state index contributed by atoms with van der Waals surface area (Å²) in [5.74, 6) is -1.63. The van der Waals surface area contributed by atoms with Crippen LogP contribution in [0.15, 0.2) is 66.7 Å². The Morgan fingerprint density at radius 3 is 2.35 bits per heavy atom. The summed E-state index contributed by atoms with van der Waals surface area (Å²) in [6.45, 7) is 1.46. The lowest BCUT2D eigenvalue weighted by atomic mass is 9.93. The molecule has 1 aromatic heterocycles. The first-order valence-corrected chi connectivity index (χ1v) is 13.3. The largest absolute Gasteiger partial charge is 0.496 e. The lowest BCUT2D eigenvalue weighted by Gasteiger charge is -2.21. The highest BCUT2D eigenvalue weighted by Crippen LogP contribution is 2.49. The Morgan fingerprint density at radius 2 is 1.70 bits per heavy atom. The lowest BCUT2D eigenvalue weighted by molar-refractivity contribution is -0.140. The van der Waals surface area contributed by atoms with E-state index in [1.165, 1.54) is 20.1 Å². The van der Waals surface area contributed by atoms with Gasteiger partial charge in [0, 0.05) is 17.2 Å². The molecule has 1 aliphatic carbocycles. The quantitative estimate of drug-likeness (QED) is 0.177. The first kappa shape index (κ1) is 27.7. The standard InChI is InChI=1S/C30H26F3NO5S/c1-16(22-14-20(31)8-10-23(22)32)39-29(37)34-24-15-26(33)40-27(24)18-5-9-21(25(13-18)38-2)17-3-6-19(7-4-17)30(11-12-30)28(35)36/h3-10,13-16,29,34,37H,11-12H2,1-2H3,(H,35,36)/t16-,29?/m1/s1. The number of nitrogens with one attached hydrogen (secondary N) is 1. The maximum atomic E-state index is 14.4. The second-order valence-electron chi connectivity index (χ2n) is 9.61. The Morgan fingerprint density at radius 1 is 1.00 bits per heavy atom. The normalized spacial score (nSPS) is 15.3. The van der Waals surface area contributed by atoms with Gasteiger partial charge in [-0.15, -0.1) is 11.3 Å². The van der Waals surface area contributed by atoms with Crippen LogP contribution in [0.4, 0.5) is 18.9 Å². The van der Waals surface area contributed by atoms with Gasteiger partial charge < -0.3 is 25.0 Å². The molecule has 2 atom stereocenters. The van der Waals surface area contributed by atoms with Crippen molar-refractivity contribution in [1.82, 2.24) is 0 Å². The number of methoxy groups -OCH3 is 1. The Balaban J connectivity index is 1.36. The summed E-state index contributed by atoms with van der Waals surface area (Å²) < 4.78 is 53.0. The van der Waals surface area contributed by atoms with Crippen molar-refractivity contribution in [1.29, 1.82) is 0 Å². The van der Waals surface area contributed by atoms with Gasteiger partial charge in [0.1, 0.15) is 17.4 Å². The molecule has 40 heavy (non-hydrogen) atoms. The van der Waals surface area contributed by atoms with Gasteiger partial charge in [0.05, 0.1) is 29.2 Å². The molecule has 0 bridgehead atoms. The molecule has 0 aliphatic heterocycles. The van der Waals surface area contributed by atoms with Gasteiger partial charge in [-0.2, -0.15) is 4.39 Å². The molecule has 1 unspecified atom stereocenters. The number of carbonyl (C=O) groups is 1. The fourth-order valence-electron chi connectivity index (χ4n) is 4.73. The van der Waals surface area contributed by atoms with Crippen LogP contribution in [0, 0.1) is 16.8 Å². The molecular formula is C30H26F3NO5S. The minimum atomic E-state index is -1.65. The Kier molecular flexibility index (Phi) is 7.59. The SMILES string of the molecule is COc1cc(-c2sc(F)cc2NC(O)O[C@H](C)c2cc(F)ccc2F)ccc1-c1ccc(C2(C(=O)O)CC2)cc1. The van der Waals surface area contributed by atoms with Crippen molar-refractivity contribution >= 4 is 23.0 Å². The molecule has 3 aromatic carbocycles. The molecule has 1 saturated carbocycles. The number of thiophene rings is 1. The molecule has 5 rings (SSSR count). The van der Waals surface area contributed by atoms with Crippen LogP contribution in [-0.4, -0.2) is 29.7 Å². The average molecular weight is 570 g/mol. The number of rotatable bonds is 10.